The fraction of sp³-hybridized carbons (Fsp3) is 0.600. The maximum absolute atomic E-state index is 6.08. The third kappa shape index (κ3) is 1.85. The second kappa shape index (κ2) is 4.04. The molecule has 0 saturated heterocycles. The summed E-state index contributed by atoms with van der Waals surface area (Å²) in [6, 6.07) is 0. The lowest BCUT2D eigenvalue weighted by Gasteiger charge is -2.10. The highest BCUT2D eigenvalue weighted by Crippen LogP contribution is 2.34. The average Bonchev–Trinajstić information content (AvgIpc) is 2.59. The van der Waals surface area contributed by atoms with Gasteiger partial charge in [-0.05, 0) is 13.8 Å². The van der Waals surface area contributed by atoms with Crippen LogP contribution in [-0.2, 0) is 16.1 Å². The molecule has 5 heteroatoms. The molecule has 0 aromatic carbocycles. The van der Waals surface area contributed by atoms with Crippen molar-refractivity contribution in [2.45, 2.75) is 32.7 Å². The van der Waals surface area contributed by atoms with Crippen LogP contribution in [-0.4, -0.2) is 17.1 Å². The maximum atomic E-state index is 6.08. The van der Waals surface area contributed by atoms with Gasteiger partial charge in [-0.1, -0.05) is 11.6 Å². The Balaban J connectivity index is 2.44. The van der Waals surface area contributed by atoms with Crippen molar-refractivity contribution in [1.29, 1.82) is 0 Å². The van der Waals surface area contributed by atoms with E-state index in [9.17, 15) is 0 Å². The molecule has 82 valence electrons. The van der Waals surface area contributed by atoms with Gasteiger partial charge < -0.3 is 9.47 Å². The van der Waals surface area contributed by atoms with Crippen molar-refractivity contribution in [3.63, 3.8) is 0 Å². The van der Waals surface area contributed by atoms with Gasteiger partial charge in [0, 0.05) is 12.7 Å². The van der Waals surface area contributed by atoms with E-state index in [4.69, 9.17) is 21.1 Å². The second-order valence-electron chi connectivity index (χ2n) is 3.56. The first kappa shape index (κ1) is 10.8. The van der Waals surface area contributed by atoms with E-state index in [0.717, 1.165) is 11.3 Å². The summed E-state index contributed by atoms with van der Waals surface area (Å²) in [5.74, 6) is 0.610. The van der Waals surface area contributed by atoms with Gasteiger partial charge in [-0.3, -0.25) is 0 Å². The number of hydrogen-bond donors (Lipinski definition) is 0. The Morgan fingerprint density at radius 3 is 2.93 bits per heavy atom. The van der Waals surface area contributed by atoms with Crippen molar-refractivity contribution >= 4 is 11.6 Å². The molecule has 1 aromatic rings. The number of aromatic nitrogens is 2. The molecular weight excluding hydrogens is 216 g/mol. The summed E-state index contributed by atoms with van der Waals surface area (Å²) in [6.45, 7) is 4.33. The van der Waals surface area contributed by atoms with Gasteiger partial charge in [0.1, 0.15) is 11.3 Å². The van der Waals surface area contributed by atoms with Crippen molar-refractivity contribution in [2.24, 2.45) is 0 Å². The number of nitrogens with zero attached hydrogens (tertiary/aromatic N) is 2. The van der Waals surface area contributed by atoms with Crippen molar-refractivity contribution in [1.82, 2.24) is 9.97 Å². The van der Waals surface area contributed by atoms with Crippen LogP contribution >= 0.6 is 11.6 Å². The first-order chi connectivity index (χ1) is 7.13. The first-order valence-corrected chi connectivity index (χ1v) is 5.22. The molecule has 1 aliphatic heterocycles. The number of halogens is 1. The highest BCUT2D eigenvalue weighted by molar-refractivity contribution is 6.30. The Kier molecular flexibility index (Phi) is 2.91. The molecule has 2 unspecified atom stereocenters. The van der Waals surface area contributed by atoms with Gasteiger partial charge in [-0.25, -0.2) is 9.97 Å². The van der Waals surface area contributed by atoms with E-state index < -0.39 is 0 Å². The molecule has 4 nitrogen and oxygen atoms in total. The average molecular weight is 229 g/mol. The van der Waals surface area contributed by atoms with Crippen LogP contribution in [0.25, 0.3) is 0 Å². The van der Waals surface area contributed by atoms with E-state index in [2.05, 4.69) is 9.97 Å². The number of ether oxygens (including phenoxy) is 2. The number of hydrogen-bond acceptors (Lipinski definition) is 4. The minimum Gasteiger partial charge on any atom is -0.374 e. The topological polar surface area (TPSA) is 44.2 Å². The zero-order chi connectivity index (χ0) is 11.0. The van der Waals surface area contributed by atoms with Crippen LogP contribution in [0, 0.1) is 0 Å². The summed E-state index contributed by atoms with van der Waals surface area (Å²) in [5, 5.41) is 0.476. The zero-order valence-electron chi connectivity index (χ0n) is 8.95. The summed E-state index contributed by atoms with van der Waals surface area (Å²) in [5.41, 5.74) is 1.78. The van der Waals surface area contributed by atoms with Crippen molar-refractivity contribution in [3.05, 3.63) is 22.2 Å². The normalized spacial score (nSPS) is 21.5. The molecule has 0 amide bonds. The maximum Gasteiger partial charge on any atom is 0.158 e. The molecule has 0 radical (unpaired) electrons. The summed E-state index contributed by atoms with van der Waals surface area (Å²) in [4.78, 5) is 8.61. The smallest absolute Gasteiger partial charge is 0.158 e. The molecule has 2 heterocycles. The SMILES string of the molecule is COC(C)c1nc(Cl)c2c(n1)COC2C. The molecule has 0 fully saturated rings. The Morgan fingerprint density at radius 1 is 1.53 bits per heavy atom. The van der Waals surface area contributed by atoms with Gasteiger partial charge in [0.25, 0.3) is 0 Å². The summed E-state index contributed by atoms with van der Waals surface area (Å²) < 4.78 is 10.6. The van der Waals surface area contributed by atoms with E-state index in [1.165, 1.54) is 0 Å². The fourth-order valence-corrected chi connectivity index (χ4v) is 1.94. The lowest BCUT2D eigenvalue weighted by atomic mass is 10.2. The Bertz CT molecular complexity index is 384. The van der Waals surface area contributed by atoms with Crippen LogP contribution in [0.1, 0.15) is 43.1 Å². The third-order valence-corrected chi connectivity index (χ3v) is 2.88. The summed E-state index contributed by atoms with van der Waals surface area (Å²) in [7, 11) is 1.62. The Labute approximate surface area is 93.6 Å². The molecule has 15 heavy (non-hydrogen) atoms. The number of methoxy groups -OCH3 is 1. The predicted octanol–water partition coefficient (Wildman–Crippen LogP) is 2.43. The predicted molar refractivity (Wildman–Crippen MR) is 55.7 cm³/mol. The standard InChI is InChI=1S/C10H13ClN2O2/c1-5-8-7(4-15-5)12-10(6(2)14-3)13-9(8)11/h5-6H,4H2,1-3H3. The monoisotopic (exact) mass is 228 g/mol. The molecule has 0 bridgehead atoms. The minimum atomic E-state index is -0.149. The second-order valence-corrected chi connectivity index (χ2v) is 3.92. The van der Waals surface area contributed by atoms with Crippen LogP contribution in [0.3, 0.4) is 0 Å². The zero-order valence-corrected chi connectivity index (χ0v) is 9.71. The van der Waals surface area contributed by atoms with Crippen LogP contribution in [0.4, 0.5) is 0 Å². The molecule has 2 atom stereocenters. The third-order valence-electron chi connectivity index (χ3n) is 2.59. The van der Waals surface area contributed by atoms with Crippen molar-refractivity contribution in [3.8, 4) is 0 Å². The highest BCUT2D eigenvalue weighted by atomic mass is 35.5. The van der Waals surface area contributed by atoms with Gasteiger partial charge in [0.05, 0.1) is 18.4 Å². The molecule has 0 aliphatic carbocycles. The number of rotatable bonds is 2. The molecule has 0 saturated carbocycles. The Morgan fingerprint density at radius 2 is 2.27 bits per heavy atom. The molecule has 0 spiro atoms. The van der Waals surface area contributed by atoms with Crippen LogP contribution in [0.15, 0.2) is 0 Å². The molecule has 2 rings (SSSR count). The summed E-state index contributed by atoms with van der Waals surface area (Å²) in [6.07, 6.45) is -0.164. The van der Waals surface area contributed by atoms with E-state index in [1.54, 1.807) is 7.11 Å². The molecule has 0 N–H and O–H groups in total. The molecular formula is C10H13ClN2O2. The van der Waals surface area contributed by atoms with E-state index >= 15 is 0 Å². The molecule has 1 aliphatic rings. The minimum absolute atomic E-state index is 0.0144. The van der Waals surface area contributed by atoms with Crippen molar-refractivity contribution < 1.29 is 9.47 Å². The lowest BCUT2D eigenvalue weighted by Crippen LogP contribution is -2.06. The fourth-order valence-electron chi connectivity index (χ4n) is 1.59. The van der Waals surface area contributed by atoms with E-state index in [-0.39, 0.29) is 12.2 Å². The van der Waals surface area contributed by atoms with Gasteiger partial charge in [0.2, 0.25) is 0 Å². The largest absolute Gasteiger partial charge is 0.374 e. The number of fused-ring (bicyclic) bond motifs is 1. The summed E-state index contributed by atoms with van der Waals surface area (Å²) >= 11 is 6.08. The highest BCUT2D eigenvalue weighted by Gasteiger charge is 2.26. The van der Waals surface area contributed by atoms with Crippen LogP contribution < -0.4 is 0 Å². The molecule has 1 aromatic heterocycles. The van der Waals surface area contributed by atoms with E-state index in [0.29, 0.717) is 17.6 Å². The van der Waals surface area contributed by atoms with Gasteiger partial charge in [-0.15, -0.1) is 0 Å². The van der Waals surface area contributed by atoms with Crippen LogP contribution in [0.5, 0.6) is 0 Å². The van der Waals surface area contributed by atoms with Gasteiger partial charge >= 0.3 is 0 Å². The first-order valence-electron chi connectivity index (χ1n) is 4.84. The Hall–Kier alpha value is -0.710. The lowest BCUT2D eigenvalue weighted by molar-refractivity contribution is 0.0784. The van der Waals surface area contributed by atoms with E-state index in [1.807, 2.05) is 13.8 Å². The van der Waals surface area contributed by atoms with Gasteiger partial charge in [-0.2, -0.15) is 0 Å². The van der Waals surface area contributed by atoms with Crippen LogP contribution in [0.2, 0.25) is 5.15 Å². The van der Waals surface area contributed by atoms with Crippen molar-refractivity contribution in [2.75, 3.05) is 7.11 Å². The van der Waals surface area contributed by atoms with Gasteiger partial charge in [0.15, 0.2) is 5.82 Å². The quantitative estimate of drug-likeness (QED) is 0.730.